The van der Waals surface area contributed by atoms with Crippen molar-refractivity contribution < 1.29 is 4.74 Å². The molecular weight excluding hydrogens is 358 g/mol. The van der Waals surface area contributed by atoms with E-state index in [9.17, 15) is 0 Å². The first-order valence-corrected chi connectivity index (χ1v) is 10.2. The number of ether oxygens (including phenoxy) is 1. The second-order valence-corrected chi connectivity index (χ2v) is 7.38. The average molecular weight is 386 g/mol. The molecule has 0 saturated heterocycles. The van der Waals surface area contributed by atoms with Crippen LogP contribution in [-0.4, -0.2) is 35.1 Å². The maximum Gasteiger partial charge on any atom is 0.156 e. The fourth-order valence-electron chi connectivity index (χ4n) is 3.88. The van der Waals surface area contributed by atoms with Crippen molar-refractivity contribution in [1.82, 2.24) is 14.9 Å². The van der Waals surface area contributed by atoms with Gasteiger partial charge in [0.05, 0.1) is 12.8 Å². The highest BCUT2D eigenvalue weighted by atomic mass is 16.5. The van der Waals surface area contributed by atoms with Crippen molar-refractivity contribution in [2.24, 2.45) is 0 Å². The fourth-order valence-corrected chi connectivity index (χ4v) is 3.88. The van der Waals surface area contributed by atoms with Gasteiger partial charge in [0.25, 0.3) is 0 Å². The quantitative estimate of drug-likeness (QED) is 0.583. The molecule has 0 spiro atoms. The standard InChI is InChI=1S/C25H27N3O/c1-3-20-14-16-28(17-19-7-5-4-6-8-19)18-23(20)25-26-15-13-24(27-25)21-9-11-22(29-2)12-10-21/h4-13,15H,3,14,16-18H2,1-2H3. The summed E-state index contributed by atoms with van der Waals surface area (Å²) in [6, 6.07) is 20.7. The molecule has 1 aromatic heterocycles. The monoisotopic (exact) mass is 385 g/mol. The Balaban J connectivity index is 1.60. The van der Waals surface area contributed by atoms with Gasteiger partial charge in [0, 0.05) is 37.0 Å². The Morgan fingerprint density at radius 3 is 2.52 bits per heavy atom. The van der Waals surface area contributed by atoms with Gasteiger partial charge >= 0.3 is 0 Å². The minimum Gasteiger partial charge on any atom is -0.497 e. The van der Waals surface area contributed by atoms with Gasteiger partial charge in [0.2, 0.25) is 0 Å². The van der Waals surface area contributed by atoms with Crippen LogP contribution in [0.15, 0.2) is 72.4 Å². The molecule has 0 N–H and O–H groups in total. The molecule has 2 heterocycles. The normalized spacial score (nSPS) is 14.8. The Morgan fingerprint density at radius 1 is 1.00 bits per heavy atom. The SMILES string of the molecule is CCC1=C(c2nccc(-c3ccc(OC)cc3)n2)CN(Cc2ccccc2)CC1. The zero-order valence-corrected chi connectivity index (χ0v) is 17.1. The molecule has 4 heteroatoms. The van der Waals surface area contributed by atoms with E-state index in [0.29, 0.717) is 0 Å². The van der Waals surface area contributed by atoms with Crippen molar-refractivity contribution in [3.05, 3.63) is 83.8 Å². The molecule has 4 nitrogen and oxygen atoms in total. The molecule has 3 aromatic rings. The van der Waals surface area contributed by atoms with E-state index in [1.54, 1.807) is 7.11 Å². The highest BCUT2D eigenvalue weighted by Crippen LogP contribution is 2.29. The lowest BCUT2D eigenvalue weighted by atomic mass is 9.96. The van der Waals surface area contributed by atoms with Gasteiger partial charge in [-0.15, -0.1) is 0 Å². The van der Waals surface area contributed by atoms with Crippen molar-refractivity contribution in [2.75, 3.05) is 20.2 Å². The molecule has 0 saturated carbocycles. The van der Waals surface area contributed by atoms with Crippen LogP contribution in [0.1, 0.15) is 31.2 Å². The molecule has 1 aliphatic rings. The van der Waals surface area contributed by atoms with E-state index in [4.69, 9.17) is 9.72 Å². The summed E-state index contributed by atoms with van der Waals surface area (Å²) in [6.07, 6.45) is 4.00. The van der Waals surface area contributed by atoms with Crippen LogP contribution in [0.2, 0.25) is 0 Å². The molecule has 0 unspecified atom stereocenters. The lowest BCUT2D eigenvalue weighted by Crippen LogP contribution is -2.31. The van der Waals surface area contributed by atoms with E-state index in [2.05, 4.69) is 47.1 Å². The molecule has 0 amide bonds. The van der Waals surface area contributed by atoms with E-state index in [1.807, 2.05) is 36.5 Å². The van der Waals surface area contributed by atoms with E-state index >= 15 is 0 Å². The Labute approximate surface area is 172 Å². The number of hydrogen-bond acceptors (Lipinski definition) is 4. The Morgan fingerprint density at radius 2 is 1.79 bits per heavy atom. The van der Waals surface area contributed by atoms with Gasteiger partial charge in [-0.05, 0) is 48.7 Å². The van der Waals surface area contributed by atoms with Crippen LogP contribution in [0.3, 0.4) is 0 Å². The number of methoxy groups -OCH3 is 1. The van der Waals surface area contributed by atoms with E-state index in [1.165, 1.54) is 16.7 Å². The zero-order valence-electron chi connectivity index (χ0n) is 17.1. The van der Waals surface area contributed by atoms with Gasteiger partial charge in [-0.1, -0.05) is 42.8 Å². The van der Waals surface area contributed by atoms with Gasteiger partial charge in [0.1, 0.15) is 5.75 Å². The number of aromatic nitrogens is 2. The zero-order chi connectivity index (χ0) is 20.1. The van der Waals surface area contributed by atoms with Crippen LogP contribution in [0.4, 0.5) is 0 Å². The van der Waals surface area contributed by atoms with Crippen molar-refractivity contribution in [2.45, 2.75) is 26.3 Å². The van der Waals surface area contributed by atoms with Crippen LogP contribution in [0.5, 0.6) is 5.75 Å². The summed E-state index contributed by atoms with van der Waals surface area (Å²) in [4.78, 5) is 12.1. The summed E-state index contributed by atoms with van der Waals surface area (Å²) in [7, 11) is 1.68. The third-order valence-corrected chi connectivity index (χ3v) is 5.53. The molecule has 0 aliphatic carbocycles. The first-order chi connectivity index (χ1) is 14.3. The molecule has 0 fully saturated rings. The van der Waals surface area contributed by atoms with Crippen LogP contribution in [0, 0.1) is 0 Å². The highest BCUT2D eigenvalue weighted by Gasteiger charge is 2.21. The van der Waals surface area contributed by atoms with Gasteiger partial charge in [-0.3, -0.25) is 4.90 Å². The largest absolute Gasteiger partial charge is 0.497 e. The molecule has 0 atom stereocenters. The summed E-state index contributed by atoms with van der Waals surface area (Å²) in [5.74, 6) is 1.70. The third-order valence-electron chi connectivity index (χ3n) is 5.53. The Hall–Kier alpha value is -2.98. The minimum absolute atomic E-state index is 0.850. The molecule has 0 bridgehead atoms. The number of rotatable bonds is 6. The van der Waals surface area contributed by atoms with Gasteiger partial charge < -0.3 is 4.74 Å². The van der Waals surface area contributed by atoms with Crippen molar-refractivity contribution in [3.8, 4) is 17.0 Å². The second-order valence-electron chi connectivity index (χ2n) is 7.38. The molecule has 148 valence electrons. The molecule has 2 aromatic carbocycles. The van der Waals surface area contributed by atoms with Crippen LogP contribution in [0.25, 0.3) is 16.8 Å². The van der Waals surface area contributed by atoms with Crippen LogP contribution < -0.4 is 4.74 Å². The van der Waals surface area contributed by atoms with Gasteiger partial charge in [-0.2, -0.15) is 0 Å². The summed E-state index contributed by atoms with van der Waals surface area (Å²) in [6.45, 7) is 5.17. The molecule has 0 radical (unpaired) electrons. The lowest BCUT2D eigenvalue weighted by Gasteiger charge is -2.30. The highest BCUT2D eigenvalue weighted by molar-refractivity contribution is 5.68. The molecule has 4 rings (SSSR count). The minimum atomic E-state index is 0.850. The first kappa shape index (κ1) is 19.3. The third kappa shape index (κ3) is 4.54. The second kappa shape index (κ2) is 9.01. The number of nitrogens with zero attached hydrogens (tertiary/aromatic N) is 3. The van der Waals surface area contributed by atoms with Crippen molar-refractivity contribution in [3.63, 3.8) is 0 Å². The summed E-state index contributed by atoms with van der Waals surface area (Å²) in [5, 5.41) is 0. The van der Waals surface area contributed by atoms with Gasteiger partial charge in [-0.25, -0.2) is 9.97 Å². The van der Waals surface area contributed by atoms with E-state index < -0.39 is 0 Å². The maximum absolute atomic E-state index is 5.27. The van der Waals surface area contributed by atoms with E-state index in [0.717, 1.165) is 55.3 Å². The topological polar surface area (TPSA) is 38.3 Å². The van der Waals surface area contributed by atoms with Crippen molar-refractivity contribution in [1.29, 1.82) is 0 Å². The summed E-state index contributed by atoms with van der Waals surface area (Å²) >= 11 is 0. The van der Waals surface area contributed by atoms with Crippen molar-refractivity contribution >= 4 is 5.57 Å². The predicted octanol–water partition coefficient (Wildman–Crippen LogP) is 5.22. The maximum atomic E-state index is 5.27. The van der Waals surface area contributed by atoms with Crippen LogP contribution >= 0.6 is 0 Å². The lowest BCUT2D eigenvalue weighted by molar-refractivity contribution is 0.290. The number of hydrogen-bond donors (Lipinski definition) is 0. The van der Waals surface area contributed by atoms with Crippen LogP contribution in [-0.2, 0) is 6.54 Å². The van der Waals surface area contributed by atoms with Gasteiger partial charge in [0.15, 0.2) is 5.82 Å². The fraction of sp³-hybridized carbons (Fsp3) is 0.280. The molecular formula is C25H27N3O. The summed E-state index contributed by atoms with van der Waals surface area (Å²) in [5.41, 5.74) is 6.12. The smallest absolute Gasteiger partial charge is 0.156 e. The first-order valence-electron chi connectivity index (χ1n) is 10.2. The number of benzene rings is 2. The Bertz CT molecular complexity index is 980. The van der Waals surface area contributed by atoms with E-state index in [-0.39, 0.29) is 0 Å². The molecule has 1 aliphatic heterocycles. The predicted molar refractivity (Wildman–Crippen MR) is 118 cm³/mol. The summed E-state index contributed by atoms with van der Waals surface area (Å²) < 4.78 is 5.27. The Kier molecular flexibility index (Phi) is 6.01. The molecule has 29 heavy (non-hydrogen) atoms. The average Bonchev–Trinajstić information content (AvgIpc) is 2.80.